The highest BCUT2D eigenvalue weighted by Gasteiger charge is 2.39. The molecule has 3 heteroatoms. The minimum Gasteiger partial charge on any atom is -0.481 e. The smallest absolute Gasteiger partial charge is 0.306 e. The fourth-order valence-corrected chi connectivity index (χ4v) is 3.64. The lowest BCUT2D eigenvalue weighted by Crippen LogP contribution is -2.37. The standard InChI is InChI=1S/C14H24O3/c1-2-10-3-4-12(14(15)16)13(9-10)11-5-7-17-8-6-11/h10-13H,2-9H2,1H3,(H,15,16). The van der Waals surface area contributed by atoms with E-state index < -0.39 is 5.97 Å². The molecule has 1 N–H and O–H groups in total. The zero-order chi connectivity index (χ0) is 12.3. The summed E-state index contributed by atoms with van der Waals surface area (Å²) in [5.41, 5.74) is 0. The van der Waals surface area contributed by atoms with Crippen molar-refractivity contribution in [1.82, 2.24) is 0 Å². The third kappa shape index (κ3) is 3.01. The van der Waals surface area contributed by atoms with E-state index in [2.05, 4.69) is 6.92 Å². The maximum Gasteiger partial charge on any atom is 0.306 e. The normalized spacial score (nSPS) is 35.7. The molecule has 0 aromatic heterocycles. The number of rotatable bonds is 3. The molecule has 3 atom stereocenters. The fraction of sp³-hybridized carbons (Fsp3) is 0.929. The molecule has 98 valence electrons. The fourth-order valence-electron chi connectivity index (χ4n) is 3.64. The van der Waals surface area contributed by atoms with Gasteiger partial charge in [-0.25, -0.2) is 0 Å². The van der Waals surface area contributed by atoms with Gasteiger partial charge < -0.3 is 9.84 Å². The lowest BCUT2D eigenvalue weighted by molar-refractivity contribution is -0.147. The van der Waals surface area contributed by atoms with Gasteiger partial charge in [-0.15, -0.1) is 0 Å². The van der Waals surface area contributed by atoms with Crippen LogP contribution < -0.4 is 0 Å². The first-order valence-corrected chi connectivity index (χ1v) is 7.03. The second-order valence-electron chi connectivity index (χ2n) is 5.65. The van der Waals surface area contributed by atoms with Gasteiger partial charge in [-0.2, -0.15) is 0 Å². The molecule has 1 aliphatic carbocycles. The van der Waals surface area contributed by atoms with E-state index in [9.17, 15) is 9.90 Å². The third-order valence-corrected chi connectivity index (χ3v) is 4.77. The van der Waals surface area contributed by atoms with E-state index in [-0.39, 0.29) is 5.92 Å². The first-order valence-electron chi connectivity index (χ1n) is 7.03. The first-order chi connectivity index (χ1) is 8.22. The van der Waals surface area contributed by atoms with E-state index in [0.717, 1.165) is 51.2 Å². The number of hydrogen-bond donors (Lipinski definition) is 1. The van der Waals surface area contributed by atoms with Gasteiger partial charge in [-0.1, -0.05) is 13.3 Å². The minimum absolute atomic E-state index is 0.0964. The minimum atomic E-state index is -0.573. The largest absolute Gasteiger partial charge is 0.481 e. The van der Waals surface area contributed by atoms with Gasteiger partial charge in [0.25, 0.3) is 0 Å². The van der Waals surface area contributed by atoms with Crippen LogP contribution in [0.4, 0.5) is 0 Å². The summed E-state index contributed by atoms with van der Waals surface area (Å²) in [6.45, 7) is 3.88. The van der Waals surface area contributed by atoms with E-state index >= 15 is 0 Å². The molecule has 1 heterocycles. The molecule has 1 saturated carbocycles. The van der Waals surface area contributed by atoms with Crippen molar-refractivity contribution in [2.45, 2.75) is 45.4 Å². The summed E-state index contributed by atoms with van der Waals surface area (Å²) in [4.78, 5) is 11.4. The number of aliphatic carboxylic acids is 1. The summed E-state index contributed by atoms with van der Waals surface area (Å²) in [7, 11) is 0. The van der Waals surface area contributed by atoms with Crippen molar-refractivity contribution in [3.05, 3.63) is 0 Å². The topological polar surface area (TPSA) is 46.5 Å². The van der Waals surface area contributed by atoms with E-state index in [1.165, 1.54) is 6.42 Å². The Labute approximate surface area is 104 Å². The van der Waals surface area contributed by atoms with Crippen molar-refractivity contribution in [1.29, 1.82) is 0 Å². The molecule has 0 bridgehead atoms. The SMILES string of the molecule is CCC1CCC(C(=O)O)C(C2CCOCC2)C1. The van der Waals surface area contributed by atoms with E-state index in [1.54, 1.807) is 0 Å². The van der Waals surface area contributed by atoms with Gasteiger partial charge in [0, 0.05) is 13.2 Å². The number of ether oxygens (including phenoxy) is 1. The molecule has 1 saturated heterocycles. The molecule has 0 spiro atoms. The van der Waals surface area contributed by atoms with Gasteiger partial charge in [0.15, 0.2) is 0 Å². The van der Waals surface area contributed by atoms with Crippen LogP contribution in [0.1, 0.15) is 45.4 Å². The summed E-state index contributed by atoms with van der Waals surface area (Å²) in [6, 6.07) is 0. The van der Waals surface area contributed by atoms with Gasteiger partial charge in [0.1, 0.15) is 0 Å². The molecule has 2 fully saturated rings. The Morgan fingerprint density at radius 1 is 1.24 bits per heavy atom. The van der Waals surface area contributed by atoms with E-state index in [0.29, 0.717) is 11.8 Å². The molecule has 2 rings (SSSR count). The highest BCUT2D eigenvalue weighted by atomic mass is 16.5. The molecule has 0 aromatic rings. The summed E-state index contributed by atoms with van der Waals surface area (Å²) in [6.07, 6.45) is 6.43. The van der Waals surface area contributed by atoms with Crippen LogP contribution in [0.15, 0.2) is 0 Å². The van der Waals surface area contributed by atoms with Gasteiger partial charge in [-0.3, -0.25) is 4.79 Å². The highest BCUT2D eigenvalue weighted by molar-refractivity contribution is 5.70. The van der Waals surface area contributed by atoms with E-state index in [4.69, 9.17) is 4.74 Å². The zero-order valence-corrected chi connectivity index (χ0v) is 10.7. The average molecular weight is 240 g/mol. The first kappa shape index (κ1) is 12.9. The summed E-state index contributed by atoms with van der Waals surface area (Å²) in [5, 5.41) is 9.37. The quantitative estimate of drug-likeness (QED) is 0.825. The van der Waals surface area contributed by atoms with Crippen molar-refractivity contribution >= 4 is 5.97 Å². The van der Waals surface area contributed by atoms with Crippen LogP contribution in [0, 0.1) is 23.7 Å². The Kier molecular flexibility index (Phi) is 4.43. The van der Waals surface area contributed by atoms with Crippen LogP contribution in [0.25, 0.3) is 0 Å². The summed E-state index contributed by atoms with van der Waals surface area (Å²) in [5.74, 6) is 1.06. The van der Waals surface area contributed by atoms with Crippen LogP contribution in [-0.2, 0) is 9.53 Å². The molecule has 17 heavy (non-hydrogen) atoms. The van der Waals surface area contributed by atoms with Crippen LogP contribution in [-0.4, -0.2) is 24.3 Å². The molecule has 0 amide bonds. The number of carboxylic acid groups (broad SMARTS) is 1. The van der Waals surface area contributed by atoms with Crippen molar-refractivity contribution in [3.63, 3.8) is 0 Å². The van der Waals surface area contributed by atoms with E-state index in [1.807, 2.05) is 0 Å². The molecule has 3 nitrogen and oxygen atoms in total. The Bertz CT molecular complexity index is 258. The van der Waals surface area contributed by atoms with Crippen molar-refractivity contribution in [2.24, 2.45) is 23.7 Å². The average Bonchev–Trinajstić information content (AvgIpc) is 2.39. The van der Waals surface area contributed by atoms with Crippen LogP contribution >= 0.6 is 0 Å². The lowest BCUT2D eigenvalue weighted by Gasteiger charge is -2.40. The second-order valence-corrected chi connectivity index (χ2v) is 5.65. The molecular formula is C14H24O3. The maximum absolute atomic E-state index is 11.4. The predicted molar refractivity (Wildman–Crippen MR) is 65.8 cm³/mol. The number of carbonyl (C=O) groups is 1. The van der Waals surface area contributed by atoms with Crippen molar-refractivity contribution in [3.8, 4) is 0 Å². The Hall–Kier alpha value is -0.570. The lowest BCUT2D eigenvalue weighted by atomic mass is 9.66. The monoisotopic (exact) mass is 240 g/mol. The molecule has 3 unspecified atom stereocenters. The maximum atomic E-state index is 11.4. The van der Waals surface area contributed by atoms with Crippen molar-refractivity contribution in [2.75, 3.05) is 13.2 Å². The van der Waals surface area contributed by atoms with Gasteiger partial charge >= 0.3 is 5.97 Å². The molecule has 1 aliphatic heterocycles. The summed E-state index contributed by atoms with van der Waals surface area (Å²) >= 11 is 0. The molecule has 2 aliphatic rings. The second kappa shape index (κ2) is 5.85. The van der Waals surface area contributed by atoms with Gasteiger partial charge in [0.05, 0.1) is 5.92 Å². The number of hydrogen-bond acceptors (Lipinski definition) is 2. The highest BCUT2D eigenvalue weighted by Crippen LogP contribution is 2.42. The van der Waals surface area contributed by atoms with Crippen molar-refractivity contribution < 1.29 is 14.6 Å². The molecular weight excluding hydrogens is 216 g/mol. The molecule has 0 radical (unpaired) electrons. The summed E-state index contributed by atoms with van der Waals surface area (Å²) < 4.78 is 5.39. The predicted octanol–water partition coefficient (Wildman–Crippen LogP) is 2.94. The Balaban J connectivity index is 2.03. The third-order valence-electron chi connectivity index (χ3n) is 4.77. The Morgan fingerprint density at radius 3 is 2.53 bits per heavy atom. The Morgan fingerprint density at radius 2 is 1.94 bits per heavy atom. The zero-order valence-electron chi connectivity index (χ0n) is 10.7. The number of carboxylic acids is 1. The van der Waals surface area contributed by atoms with Gasteiger partial charge in [-0.05, 0) is 49.9 Å². The molecule has 0 aromatic carbocycles. The van der Waals surface area contributed by atoms with Crippen LogP contribution in [0.3, 0.4) is 0 Å². The van der Waals surface area contributed by atoms with Crippen LogP contribution in [0.2, 0.25) is 0 Å². The van der Waals surface area contributed by atoms with Gasteiger partial charge in [0.2, 0.25) is 0 Å². The van der Waals surface area contributed by atoms with Crippen LogP contribution in [0.5, 0.6) is 0 Å².